The molecule has 2 nitrogen and oxygen atoms in total. The molecule has 2 aromatic rings. The van der Waals surface area contributed by atoms with E-state index in [0.717, 1.165) is 11.8 Å². The van der Waals surface area contributed by atoms with Crippen molar-refractivity contribution in [1.82, 2.24) is 4.57 Å². The third-order valence-corrected chi connectivity index (χ3v) is 2.57. The lowest BCUT2D eigenvalue weighted by Crippen LogP contribution is -2.06. The zero-order chi connectivity index (χ0) is 12.4. The third kappa shape index (κ3) is 2.71. The molecule has 1 heterocycles. The van der Waals surface area contributed by atoms with Crippen molar-refractivity contribution >= 4 is 0 Å². The fraction of sp³-hybridized carbons (Fsp3) is 0.231. The highest BCUT2D eigenvalue weighted by Gasteiger charge is 2.08. The van der Waals surface area contributed by atoms with Crippen LogP contribution in [-0.4, -0.2) is 9.67 Å². The van der Waals surface area contributed by atoms with Gasteiger partial charge in [-0.05, 0) is 36.8 Å². The molecule has 0 fully saturated rings. The summed E-state index contributed by atoms with van der Waals surface area (Å²) in [7, 11) is 0. The van der Waals surface area contributed by atoms with Gasteiger partial charge in [-0.3, -0.25) is 0 Å². The number of aromatic nitrogens is 1. The van der Waals surface area contributed by atoms with E-state index < -0.39 is 17.7 Å². The summed E-state index contributed by atoms with van der Waals surface area (Å²) in [5, 5.41) is 9.51. The second-order valence-corrected chi connectivity index (χ2v) is 4.01. The van der Waals surface area contributed by atoms with Crippen LogP contribution in [0.15, 0.2) is 36.5 Å². The molecule has 90 valence electrons. The van der Waals surface area contributed by atoms with Crippen molar-refractivity contribution < 1.29 is 13.9 Å². The van der Waals surface area contributed by atoms with E-state index in [-0.39, 0.29) is 0 Å². The molecule has 0 aliphatic rings. The quantitative estimate of drug-likeness (QED) is 0.872. The van der Waals surface area contributed by atoms with Gasteiger partial charge < -0.3 is 9.67 Å². The fourth-order valence-corrected chi connectivity index (χ4v) is 1.85. The minimum atomic E-state index is -0.608. The summed E-state index contributed by atoms with van der Waals surface area (Å²) >= 11 is 0. The Bertz CT molecular complexity index is 500. The predicted molar refractivity (Wildman–Crippen MR) is 60.5 cm³/mol. The van der Waals surface area contributed by atoms with Crippen LogP contribution in [0.5, 0.6) is 0 Å². The van der Waals surface area contributed by atoms with Crippen molar-refractivity contribution in [2.75, 3.05) is 0 Å². The largest absolute Gasteiger partial charge is 0.387 e. The highest BCUT2D eigenvalue weighted by molar-refractivity contribution is 5.20. The van der Waals surface area contributed by atoms with E-state index in [9.17, 15) is 13.9 Å². The Kier molecular flexibility index (Phi) is 3.24. The summed E-state index contributed by atoms with van der Waals surface area (Å²) in [5.41, 5.74) is 1.25. The van der Waals surface area contributed by atoms with Crippen molar-refractivity contribution in [1.29, 1.82) is 0 Å². The number of hydrogen-bond acceptors (Lipinski definition) is 1. The number of nitrogens with zero attached hydrogens (tertiary/aromatic N) is 1. The molecule has 1 N–H and O–H groups in total. The monoisotopic (exact) mass is 237 g/mol. The lowest BCUT2D eigenvalue weighted by atomic mass is 10.2. The minimum absolute atomic E-state index is 0.335. The number of aliphatic hydroxyl groups excluding tert-OH is 1. The summed E-state index contributed by atoms with van der Waals surface area (Å²) in [6.45, 7) is 1.99. The van der Waals surface area contributed by atoms with Gasteiger partial charge in [0.2, 0.25) is 0 Å². The summed E-state index contributed by atoms with van der Waals surface area (Å²) in [6.07, 6.45) is 1.16. The van der Waals surface area contributed by atoms with Crippen LogP contribution < -0.4 is 0 Å². The van der Waals surface area contributed by atoms with Gasteiger partial charge in [0.15, 0.2) is 0 Å². The summed E-state index contributed by atoms with van der Waals surface area (Å²) < 4.78 is 27.8. The molecule has 4 heteroatoms. The Labute approximate surface area is 98.1 Å². The van der Waals surface area contributed by atoms with Crippen molar-refractivity contribution in [3.05, 3.63) is 59.4 Å². The number of hydrogen-bond donors (Lipinski definition) is 1. The molecule has 2 rings (SSSR count). The average molecular weight is 237 g/mol. The Morgan fingerprint density at radius 1 is 1.24 bits per heavy atom. The van der Waals surface area contributed by atoms with E-state index in [2.05, 4.69) is 0 Å². The molecule has 1 aromatic carbocycles. The lowest BCUT2D eigenvalue weighted by molar-refractivity contribution is 0.190. The summed E-state index contributed by atoms with van der Waals surface area (Å²) in [5.74, 6) is -1.18. The van der Waals surface area contributed by atoms with Crippen LogP contribution in [0.1, 0.15) is 24.3 Å². The first kappa shape index (κ1) is 11.8. The first-order chi connectivity index (χ1) is 8.06. The predicted octanol–water partition coefficient (Wildman–Crippen LogP) is 2.87. The van der Waals surface area contributed by atoms with E-state index >= 15 is 0 Å². The van der Waals surface area contributed by atoms with E-state index in [1.165, 1.54) is 12.1 Å². The van der Waals surface area contributed by atoms with Crippen LogP contribution >= 0.6 is 0 Å². The van der Waals surface area contributed by atoms with Gasteiger partial charge in [0, 0.05) is 24.5 Å². The first-order valence-electron chi connectivity index (χ1n) is 5.34. The van der Waals surface area contributed by atoms with Crippen LogP contribution in [0.25, 0.3) is 0 Å². The zero-order valence-corrected chi connectivity index (χ0v) is 9.40. The van der Waals surface area contributed by atoms with Gasteiger partial charge in [-0.1, -0.05) is 0 Å². The molecule has 1 atom stereocenters. The smallest absolute Gasteiger partial charge is 0.126 e. The van der Waals surface area contributed by atoms with Crippen LogP contribution in [0.2, 0.25) is 0 Å². The molecule has 0 spiro atoms. The van der Waals surface area contributed by atoms with E-state index in [0.29, 0.717) is 12.1 Å². The maximum absolute atomic E-state index is 13.0. The van der Waals surface area contributed by atoms with Crippen molar-refractivity contribution in [3.8, 4) is 0 Å². The van der Waals surface area contributed by atoms with Crippen molar-refractivity contribution in [2.24, 2.45) is 0 Å². The van der Waals surface area contributed by atoms with Crippen molar-refractivity contribution in [3.63, 3.8) is 0 Å². The minimum Gasteiger partial charge on any atom is -0.387 e. The standard InChI is InChI=1S/C13H13F2NO/c1-9(17)13-3-2-4-16(13)8-10-5-11(14)7-12(15)6-10/h2-7,9,17H,8H2,1H3. The molecule has 17 heavy (non-hydrogen) atoms. The van der Waals surface area contributed by atoms with Crippen molar-refractivity contribution in [2.45, 2.75) is 19.6 Å². The summed E-state index contributed by atoms with van der Waals surface area (Å²) in [4.78, 5) is 0. The molecule has 0 radical (unpaired) electrons. The first-order valence-corrected chi connectivity index (χ1v) is 5.34. The number of halogens is 2. The normalized spacial score (nSPS) is 12.7. The zero-order valence-electron chi connectivity index (χ0n) is 9.40. The molecule has 1 aromatic heterocycles. The number of rotatable bonds is 3. The van der Waals surface area contributed by atoms with Crippen LogP contribution in [0.3, 0.4) is 0 Å². The average Bonchev–Trinajstić information content (AvgIpc) is 2.63. The Morgan fingerprint density at radius 3 is 2.47 bits per heavy atom. The van der Waals surface area contributed by atoms with Crippen LogP contribution in [0.4, 0.5) is 8.78 Å². The maximum Gasteiger partial charge on any atom is 0.126 e. The summed E-state index contributed by atoms with van der Waals surface area (Å²) in [6, 6.07) is 6.98. The van der Waals surface area contributed by atoms with Gasteiger partial charge in [0.25, 0.3) is 0 Å². The number of aliphatic hydroxyl groups is 1. The molecule has 0 amide bonds. The second kappa shape index (κ2) is 4.67. The molecule has 0 aliphatic carbocycles. The molecule has 0 saturated carbocycles. The van der Waals surface area contributed by atoms with E-state index in [1.54, 1.807) is 29.8 Å². The lowest BCUT2D eigenvalue weighted by Gasteiger charge is -2.11. The second-order valence-electron chi connectivity index (χ2n) is 4.01. The van der Waals surface area contributed by atoms with Crippen LogP contribution in [-0.2, 0) is 6.54 Å². The van der Waals surface area contributed by atoms with Gasteiger partial charge in [0.05, 0.1) is 6.10 Å². The molecular formula is C13H13F2NO. The maximum atomic E-state index is 13.0. The van der Waals surface area contributed by atoms with Gasteiger partial charge in [-0.15, -0.1) is 0 Å². The van der Waals surface area contributed by atoms with E-state index in [1.807, 2.05) is 0 Å². The fourth-order valence-electron chi connectivity index (χ4n) is 1.85. The van der Waals surface area contributed by atoms with Gasteiger partial charge in [0.1, 0.15) is 11.6 Å². The molecule has 0 bridgehead atoms. The van der Waals surface area contributed by atoms with Gasteiger partial charge in [-0.25, -0.2) is 8.78 Å². The molecule has 0 aliphatic heterocycles. The van der Waals surface area contributed by atoms with Gasteiger partial charge in [-0.2, -0.15) is 0 Å². The third-order valence-electron chi connectivity index (χ3n) is 2.57. The Balaban J connectivity index is 2.28. The molecule has 0 saturated heterocycles. The van der Waals surface area contributed by atoms with Gasteiger partial charge >= 0.3 is 0 Å². The molecular weight excluding hydrogens is 224 g/mol. The Morgan fingerprint density at radius 2 is 1.88 bits per heavy atom. The van der Waals surface area contributed by atoms with Crippen LogP contribution in [0, 0.1) is 11.6 Å². The highest BCUT2D eigenvalue weighted by atomic mass is 19.1. The highest BCUT2D eigenvalue weighted by Crippen LogP contribution is 2.16. The number of benzene rings is 1. The SMILES string of the molecule is CC(O)c1cccn1Cc1cc(F)cc(F)c1. The topological polar surface area (TPSA) is 25.2 Å². The Hall–Kier alpha value is -1.68. The molecule has 1 unspecified atom stereocenters. The van der Waals surface area contributed by atoms with E-state index in [4.69, 9.17) is 0 Å².